The van der Waals surface area contributed by atoms with Crippen molar-refractivity contribution in [1.29, 1.82) is 0 Å². The summed E-state index contributed by atoms with van der Waals surface area (Å²) in [6.45, 7) is 2.02. The third-order valence-corrected chi connectivity index (χ3v) is 2.29. The Hall–Kier alpha value is -1.84. The Morgan fingerprint density at radius 2 is 2.40 bits per heavy atom. The van der Waals surface area contributed by atoms with E-state index in [1.165, 1.54) is 5.56 Å². The molecular formula is C11H13N3O. The van der Waals surface area contributed by atoms with Gasteiger partial charge in [-0.3, -0.25) is 4.79 Å². The monoisotopic (exact) mass is 203 g/mol. The highest BCUT2D eigenvalue weighted by molar-refractivity contribution is 5.77. The van der Waals surface area contributed by atoms with Crippen LogP contribution in [0.3, 0.4) is 0 Å². The third-order valence-electron chi connectivity index (χ3n) is 2.29. The van der Waals surface area contributed by atoms with Gasteiger partial charge >= 0.3 is 0 Å². The Morgan fingerprint density at radius 1 is 1.60 bits per heavy atom. The van der Waals surface area contributed by atoms with Crippen molar-refractivity contribution in [1.82, 2.24) is 14.7 Å². The minimum atomic E-state index is -0.0184. The van der Waals surface area contributed by atoms with Crippen molar-refractivity contribution < 1.29 is 4.79 Å². The van der Waals surface area contributed by atoms with Crippen LogP contribution >= 0.6 is 0 Å². The van der Waals surface area contributed by atoms with Gasteiger partial charge in [-0.05, 0) is 24.6 Å². The van der Waals surface area contributed by atoms with Crippen LogP contribution in [0.4, 0.5) is 0 Å². The lowest BCUT2D eigenvalue weighted by Gasteiger charge is -1.93. The third kappa shape index (κ3) is 1.98. The molecule has 78 valence electrons. The average Bonchev–Trinajstić information content (AvgIpc) is 2.59. The van der Waals surface area contributed by atoms with Crippen LogP contribution in [0.1, 0.15) is 11.3 Å². The van der Waals surface area contributed by atoms with Gasteiger partial charge in [-0.2, -0.15) is 0 Å². The molecule has 0 unspecified atom stereocenters. The first-order chi connectivity index (χ1) is 7.19. The van der Waals surface area contributed by atoms with Gasteiger partial charge in [0.05, 0.1) is 12.1 Å². The first kappa shape index (κ1) is 9.71. The predicted molar refractivity (Wildman–Crippen MR) is 57.7 cm³/mol. The van der Waals surface area contributed by atoms with E-state index in [1.54, 1.807) is 7.05 Å². The van der Waals surface area contributed by atoms with Crippen molar-refractivity contribution in [3.05, 3.63) is 35.8 Å². The molecule has 0 saturated carbocycles. The van der Waals surface area contributed by atoms with Crippen LogP contribution in [0.25, 0.3) is 5.65 Å². The summed E-state index contributed by atoms with van der Waals surface area (Å²) in [5, 5.41) is 2.58. The quantitative estimate of drug-likeness (QED) is 0.789. The van der Waals surface area contributed by atoms with Crippen LogP contribution in [0.2, 0.25) is 0 Å². The van der Waals surface area contributed by atoms with E-state index in [0.29, 0.717) is 6.42 Å². The maximum absolute atomic E-state index is 11.2. The fourth-order valence-corrected chi connectivity index (χ4v) is 1.47. The standard InChI is InChI=1S/C11H13N3O/c1-8-3-4-14-7-9(6-11(15)12-2)13-10(14)5-8/h3-5,7H,6H2,1-2H3,(H,12,15). The van der Waals surface area contributed by atoms with Gasteiger partial charge in [-0.25, -0.2) is 4.98 Å². The Morgan fingerprint density at radius 3 is 3.13 bits per heavy atom. The van der Waals surface area contributed by atoms with Gasteiger partial charge in [0, 0.05) is 19.4 Å². The number of nitrogens with one attached hydrogen (secondary N) is 1. The second-order valence-electron chi connectivity index (χ2n) is 3.55. The van der Waals surface area contributed by atoms with Crippen molar-refractivity contribution in [2.45, 2.75) is 13.3 Å². The summed E-state index contributed by atoms with van der Waals surface area (Å²) in [7, 11) is 1.63. The Kier molecular flexibility index (Phi) is 2.41. The molecule has 0 aliphatic rings. The topological polar surface area (TPSA) is 46.4 Å². The molecule has 0 spiro atoms. The van der Waals surface area contributed by atoms with Crippen LogP contribution in [-0.2, 0) is 11.2 Å². The molecule has 15 heavy (non-hydrogen) atoms. The van der Waals surface area contributed by atoms with Gasteiger partial charge in [0.2, 0.25) is 5.91 Å². The largest absolute Gasteiger partial charge is 0.359 e. The molecule has 0 fully saturated rings. The van der Waals surface area contributed by atoms with E-state index in [-0.39, 0.29) is 5.91 Å². The SMILES string of the molecule is CNC(=O)Cc1cn2ccc(C)cc2n1. The zero-order valence-electron chi connectivity index (χ0n) is 8.82. The zero-order valence-corrected chi connectivity index (χ0v) is 8.82. The number of hydrogen-bond donors (Lipinski definition) is 1. The van der Waals surface area contributed by atoms with Crippen LogP contribution in [-0.4, -0.2) is 22.3 Å². The number of carbonyl (C=O) groups is 1. The van der Waals surface area contributed by atoms with Gasteiger partial charge in [-0.15, -0.1) is 0 Å². The maximum atomic E-state index is 11.2. The molecule has 0 aliphatic carbocycles. The minimum absolute atomic E-state index is 0.0184. The fraction of sp³-hybridized carbons (Fsp3) is 0.273. The molecule has 2 aromatic heterocycles. The average molecular weight is 203 g/mol. The number of nitrogens with zero attached hydrogens (tertiary/aromatic N) is 2. The number of hydrogen-bond acceptors (Lipinski definition) is 2. The van der Waals surface area contributed by atoms with E-state index >= 15 is 0 Å². The van der Waals surface area contributed by atoms with E-state index in [4.69, 9.17) is 0 Å². The van der Waals surface area contributed by atoms with Crippen LogP contribution in [0, 0.1) is 6.92 Å². The van der Waals surface area contributed by atoms with Gasteiger partial charge < -0.3 is 9.72 Å². The van der Waals surface area contributed by atoms with E-state index in [2.05, 4.69) is 10.3 Å². The zero-order chi connectivity index (χ0) is 10.8. The Labute approximate surface area is 87.9 Å². The number of rotatable bonds is 2. The highest BCUT2D eigenvalue weighted by Gasteiger charge is 2.05. The molecule has 0 aliphatic heterocycles. The molecule has 0 atom stereocenters. The molecule has 1 N–H and O–H groups in total. The molecule has 0 saturated heterocycles. The molecule has 1 amide bonds. The summed E-state index contributed by atoms with van der Waals surface area (Å²) < 4.78 is 1.92. The van der Waals surface area contributed by atoms with E-state index in [1.807, 2.05) is 35.9 Å². The molecule has 2 heterocycles. The Bertz CT molecular complexity index is 502. The van der Waals surface area contributed by atoms with Crippen LogP contribution in [0.15, 0.2) is 24.5 Å². The van der Waals surface area contributed by atoms with Crippen LogP contribution < -0.4 is 5.32 Å². The predicted octanol–water partition coefficient (Wildman–Crippen LogP) is 0.931. The highest BCUT2D eigenvalue weighted by Crippen LogP contribution is 2.07. The lowest BCUT2D eigenvalue weighted by molar-refractivity contribution is -0.120. The Balaban J connectivity index is 2.34. The van der Waals surface area contributed by atoms with Crippen LogP contribution in [0.5, 0.6) is 0 Å². The molecule has 4 nitrogen and oxygen atoms in total. The first-order valence-corrected chi connectivity index (χ1v) is 4.84. The van der Waals surface area contributed by atoms with Gasteiger partial charge in [0.25, 0.3) is 0 Å². The number of fused-ring (bicyclic) bond motifs is 1. The minimum Gasteiger partial charge on any atom is -0.359 e. The molecule has 0 radical (unpaired) electrons. The second kappa shape index (κ2) is 3.73. The maximum Gasteiger partial charge on any atom is 0.225 e. The van der Waals surface area contributed by atoms with Gasteiger partial charge in [0.1, 0.15) is 5.65 Å². The first-order valence-electron chi connectivity index (χ1n) is 4.84. The second-order valence-corrected chi connectivity index (χ2v) is 3.55. The summed E-state index contributed by atoms with van der Waals surface area (Å²) in [5.74, 6) is -0.0184. The number of carbonyl (C=O) groups excluding carboxylic acids is 1. The fourth-order valence-electron chi connectivity index (χ4n) is 1.47. The van der Waals surface area contributed by atoms with Crippen molar-refractivity contribution >= 4 is 11.6 Å². The van der Waals surface area contributed by atoms with Crippen molar-refractivity contribution in [3.8, 4) is 0 Å². The number of likely N-dealkylation sites (N-methyl/N-ethyl adjacent to an activating group) is 1. The molecular weight excluding hydrogens is 190 g/mol. The van der Waals surface area contributed by atoms with E-state index in [9.17, 15) is 4.79 Å². The van der Waals surface area contributed by atoms with Gasteiger partial charge in [-0.1, -0.05) is 0 Å². The highest BCUT2D eigenvalue weighted by atomic mass is 16.1. The van der Waals surface area contributed by atoms with Crippen molar-refractivity contribution in [3.63, 3.8) is 0 Å². The number of pyridine rings is 1. The number of imidazole rings is 1. The number of aryl methyl sites for hydroxylation is 1. The molecule has 2 rings (SSSR count). The smallest absolute Gasteiger partial charge is 0.225 e. The molecule has 2 aromatic rings. The summed E-state index contributed by atoms with van der Waals surface area (Å²) in [6, 6.07) is 4.01. The summed E-state index contributed by atoms with van der Waals surface area (Å²) >= 11 is 0. The van der Waals surface area contributed by atoms with Crippen molar-refractivity contribution in [2.24, 2.45) is 0 Å². The number of amides is 1. The van der Waals surface area contributed by atoms with Crippen molar-refractivity contribution in [2.75, 3.05) is 7.05 Å². The summed E-state index contributed by atoms with van der Waals surface area (Å²) in [6.07, 6.45) is 4.16. The summed E-state index contributed by atoms with van der Waals surface area (Å²) in [5.41, 5.74) is 2.84. The molecule has 4 heteroatoms. The molecule has 0 bridgehead atoms. The normalized spacial score (nSPS) is 10.5. The van der Waals surface area contributed by atoms with Gasteiger partial charge in [0.15, 0.2) is 0 Å². The number of aromatic nitrogens is 2. The summed E-state index contributed by atoms with van der Waals surface area (Å²) in [4.78, 5) is 15.5. The molecule has 0 aromatic carbocycles. The van der Waals surface area contributed by atoms with E-state index in [0.717, 1.165) is 11.3 Å². The van der Waals surface area contributed by atoms with E-state index < -0.39 is 0 Å². The lowest BCUT2D eigenvalue weighted by atomic mass is 10.3. The lowest BCUT2D eigenvalue weighted by Crippen LogP contribution is -2.19.